The summed E-state index contributed by atoms with van der Waals surface area (Å²) >= 11 is 0. The van der Waals surface area contributed by atoms with Crippen molar-refractivity contribution in [1.29, 1.82) is 0 Å². The van der Waals surface area contributed by atoms with Gasteiger partial charge >= 0.3 is 0 Å². The maximum Gasteiger partial charge on any atom is 0.139 e. The van der Waals surface area contributed by atoms with E-state index in [4.69, 9.17) is 0 Å². The molecule has 2 saturated carbocycles. The Balaban J connectivity index is 1.64. The summed E-state index contributed by atoms with van der Waals surface area (Å²) in [6, 6.07) is 8.41. The monoisotopic (exact) mass is 252 g/mol. The minimum atomic E-state index is -0.307. The average molecular weight is 252 g/mol. The Morgan fingerprint density at radius 3 is 2.68 bits per heavy atom. The number of aliphatic hydroxyl groups excluding tert-OH is 1. The van der Waals surface area contributed by atoms with Gasteiger partial charge in [-0.05, 0) is 49.0 Å². The molecule has 1 aromatic carbocycles. The first-order valence-electron chi connectivity index (χ1n) is 7.67. The van der Waals surface area contributed by atoms with Crippen molar-refractivity contribution in [3.8, 4) is 0 Å². The van der Waals surface area contributed by atoms with Crippen LogP contribution in [0, 0.1) is 23.7 Å². The van der Waals surface area contributed by atoms with Crippen LogP contribution in [0.15, 0.2) is 35.9 Å². The molecule has 0 saturated heterocycles. The highest BCUT2D eigenvalue weighted by Gasteiger charge is 2.47. The van der Waals surface area contributed by atoms with Crippen LogP contribution >= 0.6 is 0 Å². The molecule has 0 radical (unpaired) electrons. The standard InChI is InChI=1S/C17H21BO/c18-14-5-3-10(4-6-14)17(19)16-8-12-2-1-11-7-13(16)9-15(11)12/h3-6,8,11,13,15-17,19H,1-2,7,9,18H2. The number of hydrogen-bond donors (Lipinski definition) is 1. The Morgan fingerprint density at radius 1 is 1.11 bits per heavy atom. The normalized spacial score (nSPS) is 37.2. The van der Waals surface area contributed by atoms with E-state index in [-0.39, 0.29) is 6.10 Å². The summed E-state index contributed by atoms with van der Waals surface area (Å²) in [5, 5.41) is 10.7. The molecule has 98 valence electrons. The predicted octanol–water partition coefficient (Wildman–Crippen LogP) is 1.97. The fourth-order valence-electron chi connectivity index (χ4n) is 4.72. The van der Waals surface area contributed by atoms with Crippen molar-refractivity contribution in [3.05, 3.63) is 41.5 Å². The fourth-order valence-corrected chi connectivity index (χ4v) is 4.72. The zero-order valence-electron chi connectivity index (χ0n) is 11.5. The second-order valence-corrected chi connectivity index (χ2v) is 6.81. The van der Waals surface area contributed by atoms with E-state index in [2.05, 4.69) is 38.2 Å². The van der Waals surface area contributed by atoms with Gasteiger partial charge in [0, 0.05) is 5.92 Å². The van der Waals surface area contributed by atoms with E-state index in [1.165, 1.54) is 31.1 Å². The molecule has 0 aliphatic heterocycles. The van der Waals surface area contributed by atoms with Crippen LogP contribution in [0.2, 0.25) is 0 Å². The molecule has 19 heavy (non-hydrogen) atoms. The first-order chi connectivity index (χ1) is 9.22. The Morgan fingerprint density at radius 2 is 1.89 bits per heavy atom. The van der Waals surface area contributed by atoms with Crippen LogP contribution in [-0.2, 0) is 0 Å². The second-order valence-electron chi connectivity index (χ2n) is 6.81. The second kappa shape index (κ2) is 4.24. The maximum absolute atomic E-state index is 10.7. The van der Waals surface area contributed by atoms with Crippen LogP contribution in [0.1, 0.15) is 37.4 Å². The topological polar surface area (TPSA) is 20.2 Å². The van der Waals surface area contributed by atoms with Crippen molar-refractivity contribution in [2.24, 2.45) is 23.7 Å². The van der Waals surface area contributed by atoms with E-state index in [0.717, 1.165) is 23.3 Å². The number of benzene rings is 1. The lowest BCUT2D eigenvalue weighted by Crippen LogP contribution is -2.23. The van der Waals surface area contributed by atoms with Crippen molar-refractivity contribution < 1.29 is 5.11 Å². The molecule has 2 bridgehead atoms. The summed E-state index contributed by atoms with van der Waals surface area (Å²) in [6.07, 6.45) is 7.51. The first-order valence-corrected chi connectivity index (χ1v) is 7.67. The highest BCUT2D eigenvalue weighted by Crippen LogP contribution is 2.57. The van der Waals surface area contributed by atoms with Crippen LogP contribution in [-0.4, -0.2) is 13.0 Å². The summed E-state index contributed by atoms with van der Waals surface area (Å²) in [5.41, 5.74) is 4.02. The highest BCUT2D eigenvalue weighted by molar-refractivity contribution is 6.32. The van der Waals surface area contributed by atoms with Gasteiger partial charge in [-0.1, -0.05) is 41.4 Å². The molecular formula is C17H21BO. The van der Waals surface area contributed by atoms with Crippen LogP contribution in [0.5, 0.6) is 0 Å². The summed E-state index contributed by atoms with van der Waals surface area (Å²) in [5.74, 6) is 2.90. The molecule has 2 fully saturated rings. The molecular weight excluding hydrogens is 231 g/mol. The average Bonchev–Trinajstić information content (AvgIpc) is 2.94. The number of hydrogen-bond acceptors (Lipinski definition) is 1. The maximum atomic E-state index is 10.7. The SMILES string of the molecule is Bc1ccc(C(O)C2C=C3CCC4CC2CC34)cc1. The van der Waals surface area contributed by atoms with E-state index in [1.54, 1.807) is 5.57 Å². The highest BCUT2D eigenvalue weighted by atomic mass is 16.3. The van der Waals surface area contributed by atoms with Gasteiger partial charge in [-0.15, -0.1) is 0 Å². The van der Waals surface area contributed by atoms with Crippen LogP contribution in [0.25, 0.3) is 0 Å². The van der Waals surface area contributed by atoms with Gasteiger partial charge in [-0.25, -0.2) is 0 Å². The first kappa shape index (κ1) is 11.8. The van der Waals surface area contributed by atoms with E-state index in [0.29, 0.717) is 5.92 Å². The summed E-state index contributed by atoms with van der Waals surface area (Å²) < 4.78 is 0. The van der Waals surface area contributed by atoms with E-state index >= 15 is 0 Å². The van der Waals surface area contributed by atoms with Crippen molar-refractivity contribution in [2.45, 2.75) is 31.8 Å². The number of fused-ring (bicyclic) bond motifs is 1. The minimum Gasteiger partial charge on any atom is -0.388 e. The lowest BCUT2D eigenvalue weighted by atomic mass is 9.76. The molecule has 0 heterocycles. The molecule has 0 spiro atoms. The zero-order chi connectivity index (χ0) is 13.0. The molecule has 5 atom stereocenters. The van der Waals surface area contributed by atoms with E-state index in [9.17, 15) is 5.11 Å². The molecule has 0 aromatic heterocycles. The van der Waals surface area contributed by atoms with Crippen LogP contribution < -0.4 is 5.46 Å². The third-order valence-electron chi connectivity index (χ3n) is 5.75. The predicted molar refractivity (Wildman–Crippen MR) is 80.1 cm³/mol. The fraction of sp³-hybridized carbons (Fsp3) is 0.529. The van der Waals surface area contributed by atoms with Gasteiger partial charge < -0.3 is 5.11 Å². The van der Waals surface area contributed by atoms with Gasteiger partial charge in [0.15, 0.2) is 0 Å². The Bertz CT molecular complexity index is 519. The number of aliphatic hydroxyl groups is 1. The van der Waals surface area contributed by atoms with Crippen molar-refractivity contribution in [2.75, 3.05) is 0 Å². The Hall–Kier alpha value is -1.02. The molecule has 1 nitrogen and oxygen atoms in total. The van der Waals surface area contributed by atoms with E-state index < -0.39 is 0 Å². The van der Waals surface area contributed by atoms with Crippen molar-refractivity contribution >= 4 is 13.3 Å². The molecule has 1 aromatic rings. The lowest BCUT2D eigenvalue weighted by molar-refractivity contribution is 0.0940. The van der Waals surface area contributed by atoms with Gasteiger partial charge in [0.05, 0.1) is 6.10 Å². The summed E-state index contributed by atoms with van der Waals surface area (Å²) in [7, 11) is 2.10. The van der Waals surface area contributed by atoms with Gasteiger partial charge in [0.25, 0.3) is 0 Å². The molecule has 3 aliphatic rings. The summed E-state index contributed by atoms with van der Waals surface area (Å²) in [4.78, 5) is 0. The Labute approximate surface area is 116 Å². The molecule has 2 heteroatoms. The van der Waals surface area contributed by atoms with Gasteiger partial charge in [0.1, 0.15) is 7.85 Å². The van der Waals surface area contributed by atoms with Gasteiger partial charge in [-0.2, -0.15) is 0 Å². The lowest BCUT2D eigenvalue weighted by Gasteiger charge is -2.31. The van der Waals surface area contributed by atoms with E-state index in [1.807, 2.05) is 0 Å². The van der Waals surface area contributed by atoms with Crippen LogP contribution in [0.4, 0.5) is 0 Å². The largest absolute Gasteiger partial charge is 0.388 e. The summed E-state index contributed by atoms with van der Waals surface area (Å²) in [6.45, 7) is 0. The Kier molecular flexibility index (Phi) is 2.63. The van der Waals surface area contributed by atoms with Crippen molar-refractivity contribution in [1.82, 2.24) is 0 Å². The van der Waals surface area contributed by atoms with Gasteiger partial charge in [-0.3, -0.25) is 0 Å². The third-order valence-corrected chi connectivity index (χ3v) is 5.75. The third kappa shape index (κ3) is 1.80. The molecule has 3 aliphatic carbocycles. The van der Waals surface area contributed by atoms with Crippen molar-refractivity contribution in [3.63, 3.8) is 0 Å². The minimum absolute atomic E-state index is 0.307. The zero-order valence-corrected chi connectivity index (χ0v) is 11.5. The van der Waals surface area contributed by atoms with Gasteiger partial charge in [0.2, 0.25) is 0 Å². The quantitative estimate of drug-likeness (QED) is 0.630. The molecule has 5 unspecified atom stereocenters. The number of allylic oxidation sites excluding steroid dienone is 1. The smallest absolute Gasteiger partial charge is 0.139 e. The number of rotatable bonds is 2. The molecule has 0 amide bonds. The van der Waals surface area contributed by atoms with Crippen LogP contribution in [0.3, 0.4) is 0 Å². The molecule has 4 rings (SSSR count). The molecule has 1 N–H and O–H groups in total.